The van der Waals surface area contributed by atoms with E-state index in [0.717, 1.165) is 38.2 Å². The number of anilines is 1. The summed E-state index contributed by atoms with van der Waals surface area (Å²) in [5.74, 6) is -1.59. The van der Waals surface area contributed by atoms with Gasteiger partial charge in [0.25, 0.3) is 0 Å². The largest absolute Gasteiger partial charge is 0.329 e. The van der Waals surface area contributed by atoms with E-state index in [1.165, 1.54) is 0 Å². The molecule has 0 saturated carbocycles. The number of rotatable bonds is 4. The summed E-state index contributed by atoms with van der Waals surface area (Å²) in [7, 11) is 0. The fourth-order valence-corrected chi connectivity index (χ4v) is 3.62. The molecule has 0 bridgehead atoms. The first kappa shape index (κ1) is 21.5. The fraction of sp³-hybridized carbons (Fsp3) is 0.174. The van der Waals surface area contributed by atoms with Gasteiger partial charge < -0.3 is 9.88 Å². The molecule has 1 aromatic heterocycles. The number of aryl methyl sites for hydroxylation is 3. The van der Waals surface area contributed by atoms with Crippen molar-refractivity contribution in [1.29, 1.82) is 0 Å². The van der Waals surface area contributed by atoms with Crippen molar-refractivity contribution in [3.05, 3.63) is 81.1 Å². The second-order valence-corrected chi connectivity index (χ2v) is 8.08. The van der Waals surface area contributed by atoms with Crippen LogP contribution in [0.2, 0.25) is 0 Å². The van der Waals surface area contributed by atoms with E-state index >= 15 is 0 Å². The Morgan fingerprint density at radius 3 is 2.20 bits per heavy atom. The van der Waals surface area contributed by atoms with Gasteiger partial charge in [-0.2, -0.15) is 5.10 Å². The lowest BCUT2D eigenvalue weighted by molar-refractivity contribution is -0.136. The predicted molar refractivity (Wildman–Crippen MR) is 123 cm³/mol. The Balaban J connectivity index is 1.67. The van der Waals surface area contributed by atoms with Crippen molar-refractivity contribution in [2.75, 3.05) is 5.32 Å². The first-order chi connectivity index (χ1) is 14.2. The maximum atomic E-state index is 12.1. The van der Waals surface area contributed by atoms with Gasteiger partial charge in [0.2, 0.25) is 0 Å². The number of halogens is 1. The van der Waals surface area contributed by atoms with Crippen molar-refractivity contribution in [1.82, 2.24) is 9.99 Å². The van der Waals surface area contributed by atoms with Crippen LogP contribution in [0.1, 0.15) is 28.1 Å². The van der Waals surface area contributed by atoms with Crippen LogP contribution in [0.5, 0.6) is 0 Å². The topological polar surface area (TPSA) is 75.5 Å². The third-order valence-electron chi connectivity index (χ3n) is 4.61. The number of nitrogens with zero attached hydrogens (tertiary/aromatic N) is 2. The van der Waals surface area contributed by atoms with Crippen molar-refractivity contribution >= 4 is 39.6 Å². The molecule has 0 aliphatic heterocycles. The highest BCUT2D eigenvalue weighted by Crippen LogP contribution is 2.21. The standard InChI is InChI=1S/C23H23BrN4O2/c1-14-9-15(2)11-20(10-14)26-22(29)23(30)27-25-13-18-12-16(3)28(17(18)4)21-7-5-19(24)6-8-21/h5-13H,1-4H3,(H,26,29)(H,27,30)/b25-13-. The number of carbonyl (C=O) groups excluding carboxylic acids is 2. The highest BCUT2D eigenvalue weighted by molar-refractivity contribution is 9.10. The van der Waals surface area contributed by atoms with Gasteiger partial charge in [0.05, 0.1) is 6.21 Å². The third kappa shape index (κ3) is 5.04. The maximum Gasteiger partial charge on any atom is 0.329 e. The monoisotopic (exact) mass is 466 g/mol. The normalized spacial score (nSPS) is 11.0. The Morgan fingerprint density at radius 1 is 0.933 bits per heavy atom. The molecule has 3 aromatic rings. The van der Waals surface area contributed by atoms with Gasteiger partial charge >= 0.3 is 11.8 Å². The third-order valence-corrected chi connectivity index (χ3v) is 5.14. The molecule has 7 heteroatoms. The molecule has 6 nitrogen and oxygen atoms in total. The molecule has 0 fully saturated rings. The van der Waals surface area contributed by atoms with Crippen LogP contribution in [-0.2, 0) is 9.59 Å². The molecule has 0 aliphatic rings. The Labute approximate surface area is 184 Å². The lowest BCUT2D eigenvalue weighted by Crippen LogP contribution is -2.32. The molecule has 2 N–H and O–H groups in total. The van der Waals surface area contributed by atoms with E-state index in [4.69, 9.17) is 0 Å². The summed E-state index contributed by atoms with van der Waals surface area (Å²) in [6, 6.07) is 15.6. The van der Waals surface area contributed by atoms with Crippen LogP contribution in [0.4, 0.5) is 5.69 Å². The van der Waals surface area contributed by atoms with Crippen molar-refractivity contribution in [2.45, 2.75) is 27.7 Å². The van der Waals surface area contributed by atoms with E-state index in [1.54, 1.807) is 18.3 Å². The van der Waals surface area contributed by atoms with Gasteiger partial charge in [0.15, 0.2) is 0 Å². The first-order valence-electron chi connectivity index (χ1n) is 9.42. The van der Waals surface area contributed by atoms with Gasteiger partial charge in [-0.25, -0.2) is 5.43 Å². The molecular weight excluding hydrogens is 444 g/mol. The molecule has 1 heterocycles. The smallest absolute Gasteiger partial charge is 0.318 e. The number of hydrogen-bond acceptors (Lipinski definition) is 3. The second-order valence-electron chi connectivity index (χ2n) is 7.17. The second kappa shape index (κ2) is 9.09. The SMILES string of the molecule is Cc1cc(C)cc(NC(=O)C(=O)N/N=C\c2cc(C)n(-c3ccc(Br)cc3)c2C)c1. The van der Waals surface area contributed by atoms with E-state index in [2.05, 4.69) is 36.3 Å². The molecular formula is C23H23BrN4O2. The van der Waals surface area contributed by atoms with E-state index < -0.39 is 11.8 Å². The Bertz CT molecular complexity index is 1110. The van der Waals surface area contributed by atoms with Gasteiger partial charge in [-0.15, -0.1) is 0 Å². The Kier molecular flexibility index (Phi) is 6.52. The van der Waals surface area contributed by atoms with Crippen LogP contribution >= 0.6 is 15.9 Å². The molecule has 30 heavy (non-hydrogen) atoms. The minimum absolute atomic E-state index is 0.578. The molecule has 0 atom stereocenters. The molecule has 2 amide bonds. The summed E-state index contributed by atoms with van der Waals surface area (Å²) >= 11 is 3.44. The number of amides is 2. The van der Waals surface area contributed by atoms with Crippen LogP contribution in [-0.4, -0.2) is 22.6 Å². The van der Waals surface area contributed by atoms with E-state index in [1.807, 2.05) is 64.1 Å². The highest BCUT2D eigenvalue weighted by Gasteiger charge is 2.14. The summed E-state index contributed by atoms with van der Waals surface area (Å²) in [6.07, 6.45) is 1.54. The minimum Gasteiger partial charge on any atom is -0.318 e. The van der Waals surface area contributed by atoms with Crippen LogP contribution in [0.15, 0.2) is 58.1 Å². The lowest BCUT2D eigenvalue weighted by Gasteiger charge is -2.09. The summed E-state index contributed by atoms with van der Waals surface area (Å²) in [6.45, 7) is 7.84. The molecule has 0 radical (unpaired) electrons. The number of aromatic nitrogens is 1. The minimum atomic E-state index is -0.827. The number of hydrogen-bond donors (Lipinski definition) is 2. The number of carbonyl (C=O) groups is 2. The summed E-state index contributed by atoms with van der Waals surface area (Å²) in [5, 5.41) is 6.55. The van der Waals surface area contributed by atoms with Crippen LogP contribution in [0.3, 0.4) is 0 Å². The first-order valence-corrected chi connectivity index (χ1v) is 10.2. The molecule has 0 unspecified atom stereocenters. The maximum absolute atomic E-state index is 12.1. The highest BCUT2D eigenvalue weighted by atomic mass is 79.9. The lowest BCUT2D eigenvalue weighted by atomic mass is 10.1. The van der Waals surface area contributed by atoms with Crippen LogP contribution < -0.4 is 10.7 Å². The number of nitrogens with one attached hydrogen (secondary N) is 2. The number of benzene rings is 2. The average Bonchev–Trinajstić information content (AvgIpc) is 2.95. The van der Waals surface area contributed by atoms with Gasteiger partial charge in [0, 0.05) is 32.8 Å². The summed E-state index contributed by atoms with van der Waals surface area (Å²) in [5.41, 5.74) is 8.77. The Hall–Kier alpha value is -3.19. The van der Waals surface area contributed by atoms with Crippen molar-refractivity contribution in [3.63, 3.8) is 0 Å². The van der Waals surface area contributed by atoms with Crippen molar-refractivity contribution < 1.29 is 9.59 Å². The zero-order valence-corrected chi connectivity index (χ0v) is 18.9. The predicted octanol–water partition coefficient (Wildman–Crippen LogP) is 4.56. The molecule has 0 aliphatic carbocycles. The molecule has 3 rings (SSSR count). The zero-order chi connectivity index (χ0) is 21.8. The molecule has 154 valence electrons. The average molecular weight is 467 g/mol. The van der Waals surface area contributed by atoms with Gasteiger partial charge in [-0.1, -0.05) is 22.0 Å². The van der Waals surface area contributed by atoms with Crippen LogP contribution in [0.25, 0.3) is 5.69 Å². The molecule has 2 aromatic carbocycles. The van der Waals surface area contributed by atoms with Crippen molar-refractivity contribution in [2.24, 2.45) is 5.10 Å². The molecule has 0 saturated heterocycles. The fourth-order valence-electron chi connectivity index (χ4n) is 3.35. The van der Waals surface area contributed by atoms with E-state index in [9.17, 15) is 9.59 Å². The van der Waals surface area contributed by atoms with Crippen molar-refractivity contribution in [3.8, 4) is 5.69 Å². The number of hydrazone groups is 1. The van der Waals surface area contributed by atoms with E-state index in [-0.39, 0.29) is 0 Å². The van der Waals surface area contributed by atoms with E-state index in [0.29, 0.717) is 5.69 Å². The summed E-state index contributed by atoms with van der Waals surface area (Å²) in [4.78, 5) is 24.2. The zero-order valence-electron chi connectivity index (χ0n) is 17.3. The molecule has 0 spiro atoms. The van der Waals surface area contributed by atoms with Gasteiger partial charge in [-0.05, 0) is 81.3 Å². The van der Waals surface area contributed by atoms with Gasteiger partial charge in [-0.3, -0.25) is 9.59 Å². The Morgan fingerprint density at radius 2 is 1.57 bits per heavy atom. The quantitative estimate of drug-likeness (QED) is 0.335. The van der Waals surface area contributed by atoms with Crippen LogP contribution in [0, 0.1) is 27.7 Å². The summed E-state index contributed by atoms with van der Waals surface area (Å²) < 4.78 is 3.11. The van der Waals surface area contributed by atoms with Gasteiger partial charge in [0.1, 0.15) is 0 Å².